The zero-order valence-corrected chi connectivity index (χ0v) is 9.69. The van der Waals surface area contributed by atoms with E-state index in [1.165, 1.54) is 6.07 Å². The number of nitrogen functional groups attached to an aromatic ring is 1. The Balaban J connectivity index is 0.000000791. The van der Waals surface area contributed by atoms with E-state index in [4.69, 9.17) is 5.73 Å². The number of hydrogen-bond acceptors (Lipinski definition) is 1. The highest BCUT2D eigenvalue weighted by Gasteiger charge is 2.08. The van der Waals surface area contributed by atoms with Crippen LogP contribution >= 0.6 is 0 Å². The maximum Gasteiger partial charge on any atom is 0.127 e. The van der Waals surface area contributed by atoms with E-state index < -0.39 is 0 Å². The summed E-state index contributed by atoms with van der Waals surface area (Å²) in [5.41, 5.74) is 7.82. The molecule has 0 bridgehead atoms. The fraction of sp³-hybridized carbons (Fsp3) is 0.500. The lowest BCUT2D eigenvalue weighted by Gasteiger charge is -2.09. The molecule has 0 fully saturated rings. The zero-order chi connectivity index (χ0) is 11.3. The summed E-state index contributed by atoms with van der Waals surface area (Å²) in [5, 5.41) is 0. The molecule has 0 atom stereocenters. The molecule has 2 N–H and O–H groups in total. The Bertz CT molecular complexity index is 293. The number of halogens is 1. The summed E-state index contributed by atoms with van der Waals surface area (Å²) < 4.78 is 13.2. The van der Waals surface area contributed by atoms with Crippen LogP contribution in [0.2, 0.25) is 0 Å². The Morgan fingerprint density at radius 3 is 2.14 bits per heavy atom. The number of rotatable bonds is 1. The Labute approximate surface area is 86.1 Å². The van der Waals surface area contributed by atoms with E-state index in [0.717, 1.165) is 5.56 Å². The van der Waals surface area contributed by atoms with E-state index in [2.05, 4.69) is 0 Å². The third kappa shape index (κ3) is 3.02. The second-order valence-corrected chi connectivity index (χ2v) is 3.39. The number of aryl methyl sites for hydroxylation is 1. The van der Waals surface area contributed by atoms with Crippen LogP contribution in [-0.4, -0.2) is 0 Å². The van der Waals surface area contributed by atoms with E-state index in [9.17, 15) is 4.39 Å². The molecule has 0 spiro atoms. The highest BCUT2D eigenvalue weighted by Crippen LogP contribution is 2.23. The standard InChI is InChI=1S/C10H14FN.C2H6/c1-6(2)8-5-10(12)7(3)4-9(8)11;1-2/h4-6H,12H2,1-3H3;1-2H3. The third-order valence-electron chi connectivity index (χ3n) is 2.01. The zero-order valence-electron chi connectivity index (χ0n) is 9.69. The molecule has 1 aromatic carbocycles. The van der Waals surface area contributed by atoms with Gasteiger partial charge in [0.15, 0.2) is 0 Å². The lowest BCUT2D eigenvalue weighted by molar-refractivity contribution is 0.597. The van der Waals surface area contributed by atoms with E-state index in [1.54, 1.807) is 6.07 Å². The molecule has 0 radical (unpaired) electrons. The molecule has 1 aromatic rings. The van der Waals surface area contributed by atoms with Gasteiger partial charge in [-0.05, 0) is 36.1 Å². The van der Waals surface area contributed by atoms with Crippen molar-refractivity contribution in [3.63, 3.8) is 0 Å². The van der Waals surface area contributed by atoms with Crippen LogP contribution in [0.1, 0.15) is 44.7 Å². The van der Waals surface area contributed by atoms with Gasteiger partial charge in [-0.1, -0.05) is 27.7 Å². The largest absolute Gasteiger partial charge is 0.399 e. The van der Waals surface area contributed by atoms with Gasteiger partial charge in [0.1, 0.15) is 5.82 Å². The summed E-state index contributed by atoms with van der Waals surface area (Å²) in [6.45, 7) is 9.71. The second-order valence-electron chi connectivity index (χ2n) is 3.39. The maximum absolute atomic E-state index is 13.2. The molecule has 80 valence electrons. The van der Waals surface area contributed by atoms with Crippen molar-refractivity contribution in [2.45, 2.75) is 40.5 Å². The fourth-order valence-electron chi connectivity index (χ4n) is 1.15. The van der Waals surface area contributed by atoms with Gasteiger partial charge in [-0.15, -0.1) is 0 Å². The SMILES string of the molecule is CC.Cc1cc(F)c(C(C)C)cc1N. The van der Waals surface area contributed by atoms with E-state index >= 15 is 0 Å². The molecule has 0 saturated carbocycles. The molecular formula is C12H20FN. The number of benzene rings is 1. The van der Waals surface area contributed by atoms with Crippen molar-refractivity contribution in [3.8, 4) is 0 Å². The van der Waals surface area contributed by atoms with Crippen molar-refractivity contribution < 1.29 is 4.39 Å². The minimum Gasteiger partial charge on any atom is -0.399 e. The van der Waals surface area contributed by atoms with Crippen LogP contribution < -0.4 is 5.73 Å². The highest BCUT2D eigenvalue weighted by molar-refractivity contribution is 5.49. The average molecular weight is 197 g/mol. The molecule has 1 nitrogen and oxygen atoms in total. The van der Waals surface area contributed by atoms with Gasteiger partial charge >= 0.3 is 0 Å². The Morgan fingerprint density at radius 2 is 1.71 bits per heavy atom. The van der Waals surface area contributed by atoms with Crippen LogP contribution in [0, 0.1) is 12.7 Å². The second kappa shape index (κ2) is 5.63. The normalized spacial score (nSPS) is 9.64. The van der Waals surface area contributed by atoms with Crippen LogP contribution in [0.4, 0.5) is 10.1 Å². The van der Waals surface area contributed by atoms with E-state index in [-0.39, 0.29) is 11.7 Å². The molecule has 0 heterocycles. The highest BCUT2D eigenvalue weighted by atomic mass is 19.1. The monoisotopic (exact) mass is 197 g/mol. The molecule has 0 aliphatic carbocycles. The van der Waals surface area contributed by atoms with Crippen LogP contribution in [-0.2, 0) is 0 Å². The van der Waals surface area contributed by atoms with Gasteiger partial charge in [-0.25, -0.2) is 4.39 Å². The molecule has 1 rings (SSSR count). The molecule has 0 aliphatic rings. The van der Waals surface area contributed by atoms with Gasteiger partial charge in [-0.3, -0.25) is 0 Å². The first-order valence-corrected chi connectivity index (χ1v) is 5.08. The smallest absolute Gasteiger partial charge is 0.127 e. The minimum absolute atomic E-state index is 0.156. The predicted molar refractivity (Wildman–Crippen MR) is 61.0 cm³/mol. The number of nitrogens with two attached hydrogens (primary N) is 1. The summed E-state index contributed by atoms with van der Waals surface area (Å²) in [7, 11) is 0. The summed E-state index contributed by atoms with van der Waals surface area (Å²) in [6.07, 6.45) is 0. The molecule has 0 aliphatic heterocycles. The first-order chi connectivity index (χ1) is 6.52. The summed E-state index contributed by atoms with van der Waals surface area (Å²) in [5.74, 6) is 0.0320. The summed E-state index contributed by atoms with van der Waals surface area (Å²) >= 11 is 0. The van der Waals surface area contributed by atoms with Crippen LogP contribution in [0.15, 0.2) is 12.1 Å². The van der Waals surface area contributed by atoms with Crippen molar-refractivity contribution >= 4 is 5.69 Å². The van der Waals surface area contributed by atoms with Crippen molar-refractivity contribution in [3.05, 3.63) is 29.1 Å². The van der Waals surface area contributed by atoms with Gasteiger partial charge in [0.25, 0.3) is 0 Å². The number of hydrogen-bond donors (Lipinski definition) is 1. The van der Waals surface area contributed by atoms with Gasteiger partial charge < -0.3 is 5.73 Å². The first-order valence-electron chi connectivity index (χ1n) is 5.08. The predicted octanol–water partition coefficient (Wildman–Crippen LogP) is 3.87. The van der Waals surface area contributed by atoms with Gasteiger partial charge in [0, 0.05) is 5.69 Å². The molecule has 0 aromatic heterocycles. The molecule has 0 amide bonds. The van der Waals surface area contributed by atoms with Gasteiger partial charge in [-0.2, -0.15) is 0 Å². The Morgan fingerprint density at radius 1 is 1.21 bits per heavy atom. The first kappa shape index (κ1) is 12.9. The van der Waals surface area contributed by atoms with Crippen molar-refractivity contribution in [1.82, 2.24) is 0 Å². The number of anilines is 1. The quantitative estimate of drug-likeness (QED) is 0.679. The maximum atomic E-state index is 13.2. The van der Waals surface area contributed by atoms with Gasteiger partial charge in [0.05, 0.1) is 0 Å². The molecule has 14 heavy (non-hydrogen) atoms. The molecule has 0 unspecified atom stereocenters. The van der Waals surface area contributed by atoms with E-state index in [1.807, 2.05) is 34.6 Å². The van der Waals surface area contributed by atoms with Crippen LogP contribution in [0.3, 0.4) is 0 Å². The van der Waals surface area contributed by atoms with Crippen molar-refractivity contribution in [1.29, 1.82) is 0 Å². The van der Waals surface area contributed by atoms with Crippen molar-refractivity contribution in [2.75, 3.05) is 5.73 Å². The topological polar surface area (TPSA) is 26.0 Å². The van der Waals surface area contributed by atoms with E-state index in [0.29, 0.717) is 11.3 Å². The third-order valence-corrected chi connectivity index (χ3v) is 2.01. The van der Waals surface area contributed by atoms with Crippen molar-refractivity contribution in [2.24, 2.45) is 0 Å². The molecule has 0 saturated heterocycles. The average Bonchev–Trinajstić information content (AvgIpc) is 2.14. The fourth-order valence-corrected chi connectivity index (χ4v) is 1.15. The lowest BCUT2D eigenvalue weighted by atomic mass is 10.00. The lowest BCUT2D eigenvalue weighted by Crippen LogP contribution is -1.98. The van der Waals surface area contributed by atoms with Gasteiger partial charge in [0.2, 0.25) is 0 Å². The summed E-state index contributed by atoms with van der Waals surface area (Å²) in [4.78, 5) is 0. The minimum atomic E-state index is -0.156. The Hall–Kier alpha value is -1.05. The van der Waals surface area contributed by atoms with Crippen LogP contribution in [0.5, 0.6) is 0 Å². The summed E-state index contributed by atoms with van der Waals surface area (Å²) in [6, 6.07) is 3.21. The Kier molecular flexibility index (Phi) is 5.21. The molecule has 2 heteroatoms. The molecular weight excluding hydrogens is 177 g/mol. The van der Waals surface area contributed by atoms with Crippen LogP contribution in [0.25, 0.3) is 0 Å².